The summed E-state index contributed by atoms with van der Waals surface area (Å²) in [4.78, 5) is 0. The largest absolute Gasteiger partial charge is 0.488 e. The average Bonchev–Trinajstić information content (AvgIpc) is 2.76. The first kappa shape index (κ1) is 18.1. The molecule has 4 aromatic rings. The molecular formula is C27H24O. The standard InChI is InChI=1S/C27H24O/c1-2-11-23(12-3-1)21-28-27-17-9-8-15-25(27)14-5-4-10-22-18-19-24-13-6-7-16-26(24)20-22/h1-3,5-9,11-20H,4,10,21H2. The van der Waals surface area contributed by atoms with Gasteiger partial charge in [-0.15, -0.1) is 0 Å². The molecule has 0 aromatic heterocycles. The van der Waals surface area contributed by atoms with E-state index in [2.05, 4.69) is 78.9 Å². The third kappa shape index (κ3) is 4.69. The van der Waals surface area contributed by atoms with Crippen molar-refractivity contribution in [3.8, 4) is 5.75 Å². The molecule has 0 amide bonds. The Hall–Kier alpha value is -3.32. The molecular weight excluding hydrogens is 340 g/mol. The van der Waals surface area contributed by atoms with Gasteiger partial charge in [0.25, 0.3) is 0 Å². The van der Waals surface area contributed by atoms with Gasteiger partial charge in [0, 0.05) is 5.56 Å². The molecule has 0 N–H and O–H groups in total. The summed E-state index contributed by atoms with van der Waals surface area (Å²) in [7, 11) is 0. The summed E-state index contributed by atoms with van der Waals surface area (Å²) >= 11 is 0. The maximum Gasteiger partial charge on any atom is 0.127 e. The predicted octanol–water partition coefficient (Wildman–Crippen LogP) is 7.06. The highest BCUT2D eigenvalue weighted by Crippen LogP contribution is 2.22. The number of benzene rings is 4. The third-order valence-corrected chi connectivity index (χ3v) is 4.87. The molecule has 138 valence electrons. The molecule has 0 fully saturated rings. The van der Waals surface area contributed by atoms with E-state index in [1.807, 2.05) is 30.3 Å². The Morgan fingerprint density at radius 1 is 0.643 bits per heavy atom. The Labute approximate surface area is 166 Å². The molecule has 0 radical (unpaired) electrons. The SMILES string of the molecule is C(=Cc1ccccc1OCc1ccccc1)CCc1ccc2ccccc2c1. The van der Waals surface area contributed by atoms with Crippen molar-refractivity contribution < 1.29 is 4.74 Å². The lowest BCUT2D eigenvalue weighted by atomic mass is 10.0. The van der Waals surface area contributed by atoms with E-state index in [4.69, 9.17) is 4.74 Å². The average molecular weight is 364 g/mol. The van der Waals surface area contributed by atoms with Crippen molar-refractivity contribution in [1.29, 1.82) is 0 Å². The van der Waals surface area contributed by atoms with Crippen LogP contribution >= 0.6 is 0 Å². The monoisotopic (exact) mass is 364 g/mol. The minimum atomic E-state index is 0.586. The van der Waals surface area contributed by atoms with Crippen LogP contribution in [0.3, 0.4) is 0 Å². The van der Waals surface area contributed by atoms with Crippen LogP contribution < -0.4 is 4.74 Å². The maximum atomic E-state index is 6.04. The van der Waals surface area contributed by atoms with Crippen LogP contribution in [0, 0.1) is 0 Å². The first-order valence-corrected chi connectivity index (χ1v) is 9.78. The number of fused-ring (bicyclic) bond motifs is 1. The smallest absolute Gasteiger partial charge is 0.127 e. The summed E-state index contributed by atoms with van der Waals surface area (Å²) in [6, 6.07) is 33.7. The van der Waals surface area contributed by atoms with Crippen molar-refractivity contribution in [2.75, 3.05) is 0 Å². The molecule has 0 aliphatic carbocycles. The molecule has 0 bridgehead atoms. The topological polar surface area (TPSA) is 9.23 Å². The number of allylic oxidation sites excluding steroid dienone is 1. The lowest BCUT2D eigenvalue weighted by molar-refractivity contribution is 0.305. The minimum absolute atomic E-state index is 0.586. The summed E-state index contributed by atoms with van der Waals surface area (Å²) < 4.78 is 6.04. The Balaban J connectivity index is 1.37. The lowest BCUT2D eigenvalue weighted by Gasteiger charge is -2.09. The molecule has 0 saturated heterocycles. The zero-order valence-electron chi connectivity index (χ0n) is 15.9. The summed E-state index contributed by atoms with van der Waals surface area (Å²) in [5.41, 5.74) is 3.67. The fraction of sp³-hybridized carbons (Fsp3) is 0.111. The molecule has 4 rings (SSSR count). The molecule has 0 unspecified atom stereocenters. The fourth-order valence-electron chi connectivity index (χ4n) is 3.34. The van der Waals surface area contributed by atoms with E-state index in [0.717, 1.165) is 24.2 Å². The van der Waals surface area contributed by atoms with E-state index in [1.54, 1.807) is 0 Å². The van der Waals surface area contributed by atoms with Crippen LogP contribution in [-0.4, -0.2) is 0 Å². The molecule has 0 atom stereocenters. The van der Waals surface area contributed by atoms with Gasteiger partial charge in [0.15, 0.2) is 0 Å². The second kappa shape index (κ2) is 9.05. The number of hydrogen-bond acceptors (Lipinski definition) is 1. The molecule has 0 heterocycles. The molecule has 1 nitrogen and oxygen atoms in total. The summed E-state index contributed by atoms with van der Waals surface area (Å²) in [5.74, 6) is 0.924. The van der Waals surface area contributed by atoms with Crippen molar-refractivity contribution in [3.05, 3.63) is 120 Å². The van der Waals surface area contributed by atoms with E-state index < -0.39 is 0 Å². The zero-order chi connectivity index (χ0) is 19.0. The van der Waals surface area contributed by atoms with Gasteiger partial charge in [-0.2, -0.15) is 0 Å². The normalized spacial score (nSPS) is 11.1. The van der Waals surface area contributed by atoms with Crippen molar-refractivity contribution in [2.45, 2.75) is 19.4 Å². The molecule has 1 heteroatoms. The van der Waals surface area contributed by atoms with Crippen LogP contribution in [0.15, 0.2) is 103 Å². The predicted molar refractivity (Wildman–Crippen MR) is 119 cm³/mol. The van der Waals surface area contributed by atoms with Gasteiger partial charge in [-0.1, -0.05) is 103 Å². The van der Waals surface area contributed by atoms with Gasteiger partial charge in [0.1, 0.15) is 12.4 Å². The Kier molecular flexibility index (Phi) is 5.84. The van der Waals surface area contributed by atoms with Gasteiger partial charge in [-0.3, -0.25) is 0 Å². The molecule has 0 aliphatic rings. The van der Waals surface area contributed by atoms with Gasteiger partial charge in [0.2, 0.25) is 0 Å². The van der Waals surface area contributed by atoms with Crippen LogP contribution in [0.2, 0.25) is 0 Å². The summed E-state index contributed by atoms with van der Waals surface area (Å²) in [6.45, 7) is 0.586. The maximum absolute atomic E-state index is 6.04. The van der Waals surface area contributed by atoms with Crippen molar-refractivity contribution >= 4 is 16.8 Å². The zero-order valence-corrected chi connectivity index (χ0v) is 15.9. The number of para-hydroxylation sites is 1. The first-order valence-electron chi connectivity index (χ1n) is 9.78. The summed E-state index contributed by atoms with van der Waals surface area (Å²) in [6.07, 6.45) is 6.45. The van der Waals surface area contributed by atoms with Crippen LogP contribution in [0.1, 0.15) is 23.1 Å². The van der Waals surface area contributed by atoms with Gasteiger partial charge in [-0.05, 0) is 40.8 Å². The number of hydrogen-bond donors (Lipinski definition) is 0. The van der Waals surface area contributed by atoms with E-state index in [9.17, 15) is 0 Å². The Bertz CT molecular complexity index is 1060. The second-order valence-electron chi connectivity index (χ2n) is 6.93. The quantitative estimate of drug-likeness (QED) is 0.341. The van der Waals surface area contributed by atoms with E-state index in [-0.39, 0.29) is 0 Å². The summed E-state index contributed by atoms with van der Waals surface area (Å²) in [5, 5.41) is 2.61. The second-order valence-corrected chi connectivity index (χ2v) is 6.93. The highest BCUT2D eigenvalue weighted by molar-refractivity contribution is 5.83. The Morgan fingerprint density at radius 2 is 1.39 bits per heavy atom. The van der Waals surface area contributed by atoms with Crippen molar-refractivity contribution in [3.63, 3.8) is 0 Å². The van der Waals surface area contributed by atoms with E-state index in [0.29, 0.717) is 6.61 Å². The highest BCUT2D eigenvalue weighted by Gasteiger charge is 2.01. The van der Waals surface area contributed by atoms with Crippen molar-refractivity contribution in [2.24, 2.45) is 0 Å². The van der Waals surface area contributed by atoms with Crippen molar-refractivity contribution in [1.82, 2.24) is 0 Å². The van der Waals surface area contributed by atoms with Gasteiger partial charge >= 0.3 is 0 Å². The number of ether oxygens (including phenoxy) is 1. The number of aryl methyl sites for hydroxylation is 1. The molecule has 28 heavy (non-hydrogen) atoms. The fourth-order valence-corrected chi connectivity index (χ4v) is 3.34. The van der Waals surface area contributed by atoms with E-state index >= 15 is 0 Å². The van der Waals surface area contributed by atoms with Gasteiger partial charge in [0.05, 0.1) is 0 Å². The van der Waals surface area contributed by atoms with Crippen LogP contribution in [0.25, 0.3) is 16.8 Å². The first-order chi connectivity index (χ1) is 13.9. The van der Waals surface area contributed by atoms with Gasteiger partial charge < -0.3 is 4.74 Å². The van der Waals surface area contributed by atoms with E-state index in [1.165, 1.54) is 21.9 Å². The molecule has 4 aromatic carbocycles. The highest BCUT2D eigenvalue weighted by atomic mass is 16.5. The van der Waals surface area contributed by atoms with Crippen LogP contribution in [-0.2, 0) is 13.0 Å². The minimum Gasteiger partial charge on any atom is -0.488 e. The number of rotatable bonds is 7. The lowest BCUT2D eigenvalue weighted by Crippen LogP contribution is -1.96. The molecule has 0 saturated carbocycles. The Morgan fingerprint density at radius 3 is 2.29 bits per heavy atom. The van der Waals surface area contributed by atoms with Crippen LogP contribution in [0.5, 0.6) is 5.75 Å². The molecule has 0 aliphatic heterocycles. The third-order valence-electron chi connectivity index (χ3n) is 4.87. The van der Waals surface area contributed by atoms with Crippen LogP contribution in [0.4, 0.5) is 0 Å². The molecule has 0 spiro atoms. The van der Waals surface area contributed by atoms with Gasteiger partial charge in [-0.25, -0.2) is 0 Å².